The fourth-order valence-corrected chi connectivity index (χ4v) is 2.12. The lowest BCUT2D eigenvalue weighted by atomic mass is 10.2. The van der Waals surface area contributed by atoms with E-state index in [2.05, 4.69) is 21.5 Å². The maximum Gasteiger partial charge on any atom is 0.412 e. The number of methoxy groups -OCH3 is 1. The number of benzene rings is 1. The summed E-state index contributed by atoms with van der Waals surface area (Å²) < 4.78 is 10.2. The molecule has 0 saturated heterocycles. The van der Waals surface area contributed by atoms with E-state index in [0.717, 1.165) is 0 Å². The summed E-state index contributed by atoms with van der Waals surface area (Å²) in [4.78, 5) is 23.8. The van der Waals surface area contributed by atoms with Gasteiger partial charge in [0.05, 0.1) is 6.61 Å². The van der Waals surface area contributed by atoms with Gasteiger partial charge in [0, 0.05) is 24.4 Å². The molecule has 0 spiro atoms. The summed E-state index contributed by atoms with van der Waals surface area (Å²) in [6, 6.07) is 6.38. The number of nitrogens with one attached hydrogen (secondary N) is 4. The van der Waals surface area contributed by atoms with Gasteiger partial charge in [-0.15, -0.1) is 0 Å². The van der Waals surface area contributed by atoms with Crippen molar-refractivity contribution in [3.8, 4) is 0 Å². The van der Waals surface area contributed by atoms with E-state index in [1.54, 1.807) is 52.1 Å². The Morgan fingerprint density at radius 2 is 1.77 bits per heavy atom. The molecule has 1 aromatic carbocycles. The molecule has 0 bridgehead atoms. The van der Waals surface area contributed by atoms with Crippen molar-refractivity contribution in [2.24, 2.45) is 0 Å². The van der Waals surface area contributed by atoms with Crippen LogP contribution in [0.3, 0.4) is 0 Å². The zero-order valence-electron chi connectivity index (χ0n) is 15.6. The molecule has 0 fully saturated rings. The molecule has 1 rings (SSSR count). The van der Waals surface area contributed by atoms with Gasteiger partial charge in [0.15, 0.2) is 5.11 Å². The van der Waals surface area contributed by atoms with Crippen molar-refractivity contribution in [1.29, 1.82) is 0 Å². The average Bonchev–Trinajstić information content (AvgIpc) is 2.51. The number of carbonyl (C=O) groups excluding carboxylic acids is 2. The SMILES string of the molecule is COC[C@@H](C)NC(=S)NNC(=O)c1ccc(NC(=O)OC(C)(C)C)cc1. The minimum Gasteiger partial charge on any atom is -0.444 e. The van der Waals surface area contributed by atoms with Crippen molar-refractivity contribution < 1.29 is 19.1 Å². The monoisotopic (exact) mass is 382 g/mol. The lowest BCUT2D eigenvalue weighted by molar-refractivity contribution is 0.0635. The Hall–Kier alpha value is -2.39. The first kappa shape index (κ1) is 21.7. The number of hydrazine groups is 1. The van der Waals surface area contributed by atoms with Crippen LogP contribution in [-0.4, -0.2) is 42.5 Å². The van der Waals surface area contributed by atoms with Crippen molar-refractivity contribution in [1.82, 2.24) is 16.2 Å². The van der Waals surface area contributed by atoms with Gasteiger partial charge in [0.1, 0.15) is 5.60 Å². The van der Waals surface area contributed by atoms with Crippen molar-refractivity contribution >= 4 is 35.0 Å². The van der Waals surface area contributed by atoms with Gasteiger partial charge in [-0.05, 0) is 64.2 Å². The van der Waals surface area contributed by atoms with Gasteiger partial charge in [-0.2, -0.15) is 0 Å². The molecule has 2 amide bonds. The molecule has 0 radical (unpaired) electrons. The molecule has 0 saturated carbocycles. The molecule has 0 aliphatic heterocycles. The molecular formula is C17H26N4O4S. The van der Waals surface area contributed by atoms with E-state index in [0.29, 0.717) is 17.9 Å². The van der Waals surface area contributed by atoms with E-state index >= 15 is 0 Å². The van der Waals surface area contributed by atoms with Crippen LogP contribution in [0.15, 0.2) is 24.3 Å². The predicted octanol–water partition coefficient (Wildman–Crippen LogP) is 2.18. The molecule has 0 aliphatic rings. The van der Waals surface area contributed by atoms with Crippen LogP contribution in [0.1, 0.15) is 38.1 Å². The number of hydrogen-bond acceptors (Lipinski definition) is 5. The van der Waals surface area contributed by atoms with Crippen LogP contribution in [0.5, 0.6) is 0 Å². The second kappa shape index (κ2) is 9.93. The highest BCUT2D eigenvalue weighted by molar-refractivity contribution is 7.80. The highest BCUT2D eigenvalue weighted by Gasteiger charge is 2.16. The number of thiocarbonyl (C=S) groups is 1. The van der Waals surface area contributed by atoms with Gasteiger partial charge in [0.25, 0.3) is 5.91 Å². The summed E-state index contributed by atoms with van der Waals surface area (Å²) in [5, 5.41) is 5.84. The molecule has 0 aromatic heterocycles. The quantitative estimate of drug-likeness (QED) is 0.457. The van der Waals surface area contributed by atoms with Gasteiger partial charge in [0.2, 0.25) is 0 Å². The molecule has 9 heteroatoms. The van der Waals surface area contributed by atoms with E-state index < -0.39 is 11.7 Å². The molecule has 26 heavy (non-hydrogen) atoms. The largest absolute Gasteiger partial charge is 0.444 e. The minimum atomic E-state index is -0.581. The van der Waals surface area contributed by atoms with Gasteiger partial charge in [-0.3, -0.25) is 21.0 Å². The van der Waals surface area contributed by atoms with E-state index in [4.69, 9.17) is 21.7 Å². The number of anilines is 1. The Morgan fingerprint density at radius 3 is 2.31 bits per heavy atom. The minimum absolute atomic E-state index is 0.00936. The molecule has 1 atom stereocenters. The maximum absolute atomic E-state index is 12.1. The second-order valence-corrected chi connectivity index (χ2v) is 7.02. The van der Waals surface area contributed by atoms with E-state index in [1.807, 2.05) is 6.92 Å². The first-order valence-electron chi connectivity index (χ1n) is 8.06. The molecule has 1 aromatic rings. The second-order valence-electron chi connectivity index (χ2n) is 6.61. The highest BCUT2D eigenvalue weighted by Crippen LogP contribution is 2.12. The molecule has 0 heterocycles. The van der Waals surface area contributed by atoms with Crippen molar-refractivity contribution in [3.63, 3.8) is 0 Å². The summed E-state index contributed by atoms with van der Waals surface area (Å²) in [7, 11) is 1.60. The summed E-state index contributed by atoms with van der Waals surface area (Å²) >= 11 is 5.07. The van der Waals surface area contributed by atoms with Gasteiger partial charge < -0.3 is 14.8 Å². The van der Waals surface area contributed by atoms with Crippen LogP contribution < -0.4 is 21.5 Å². The molecule has 0 unspecified atom stereocenters. The van der Waals surface area contributed by atoms with Crippen molar-refractivity contribution in [2.45, 2.75) is 39.3 Å². The Labute approximate surface area is 159 Å². The Morgan fingerprint density at radius 1 is 1.15 bits per heavy atom. The van der Waals surface area contributed by atoms with Crippen LogP contribution in [0.25, 0.3) is 0 Å². The predicted molar refractivity (Wildman–Crippen MR) is 104 cm³/mol. The number of amides is 2. The lowest BCUT2D eigenvalue weighted by Gasteiger charge is -2.19. The van der Waals surface area contributed by atoms with Crippen LogP contribution in [0, 0.1) is 0 Å². The topological polar surface area (TPSA) is 101 Å². The maximum atomic E-state index is 12.1. The average molecular weight is 382 g/mol. The van der Waals surface area contributed by atoms with Crippen molar-refractivity contribution in [3.05, 3.63) is 29.8 Å². The zero-order valence-corrected chi connectivity index (χ0v) is 16.5. The normalized spacial score (nSPS) is 11.9. The fourth-order valence-electron chi connectivity index (χ4n) is 1.86. The lowest BCUT2D eigenvalue weighted by Crippen LogP contribution is -2.49. The van der Waals surface area contributed by atoms with Gasteiger partial charge in [-0.1, -0.05) is 0 Å². The van der Waals surface area contributed by atoms with Crippen LogP contribution in [-0.2, 0) is 9.47 Å². The summed E-state index contributed by atoms with van der Waals surface area (Å²) in [6.07, 6.45) is -0.557. The molecule has 4 N–H and O–H groups in total. The Balaban J connectivity index is 2.48. The number of rotatable bonds is 5. The van der Waals surface area contributed by atoms with Crippen LogP contribution in [0.2, 0.25) is 0 Å². The highest BCUT2D eigenvalue weighted by atomic mass is 32.1. The van der Waals surface area contributed by atoms with Gasteiger partial charge in [-0.25, -0.2) is 4.79 Å². The van der Waals surface area contributed by atoms with E-state index in [9.17, 15) is 9.59 Å². The van der Waals surface area contributed by atoms with E-state index in [-0.39, 0.29) is 17.1 Å². The molecule has 144 valence electrons. The third kappa shape index (κ3) is 8.63. The summed E-state index contributed by atoms with van der Waals surface area (Å²) in [5.41, 5.74) is 5.46. The van der Waals surface area contributed by atoms with E-state index in [1.165, 1.54) is 0 Å². The molecular weight excluding hydrogens is 356 g/mol. The summed E-state index contributed by atoms with van der Waals surface area (Å²) in [6.45, 7) is 7.73. The first-order chi connectivity index (χ1) is 12.1. The fraction of sp³-hybridized carbons (Fsp3) is 0.471. The Kier molecular flexibility index (Phi) is 8.27. The van der Waals surface area contributed by atoms with Crippen LogP contribution in [0.4, 0.5) is 10.5 Å². The number of carbonyl (C=O) groups is 2. The van der Waals surface area contributed by atoms with Gasteiger partial charge >= 0.3 is 6.09 Å². The smallest absolute Gasteiger partial charge is 0.412 e. The zero-order chi connectivity index (χ0) is 19.7. The Bertz CT molecular complexity index is 629. The first-order valence-corrected chi connectivity index (χ1v) is 8.47. The standard InChI is InChI=1S/C17H26N4O4S/c1-11(10-24-5)18-15(26)21-20-14(22)12-6-8-13(9-7-12)19-16(23)25-17(2,3)4/h6-9,11H,10H2,1-5H3,(H,19,23)(H,20,22)(H2,18,21,26)/t11-/m1/s1. The third-order valence-electron chi connectivity index (χ3n) is 2.88. The van der Waals surface area contributed by atoms with Crippen molar-refractivity contribution in [2.75, 3.05) is 19.0 Å². The third-order valence-corrected chi connectivity index (χ3v) is 3.10. The van der Waals surface area contributed by atoms with Crippen LogP contribution >= 0.6 is 12.2 Å². The molecule has 8 nitrogen and oxygen atoms in total. The number of ether oxygens (including phenoxy) is 2. The summed E-state index contributed by atoms with van der Waals surface area (Å²) in [5.74, 6) is -0.364. The number of hydrogen-bond donors (Lipinski definition) is 4. The molecule has 0 aliphatic carbocycles.